The van der Waals surface area contributed by atoms with Crippen LogP contribution in [0, 0.1) is 22.5 Å². The van der Waals surface area contributed by atoms with Crippen LogP contribution in [-0.2, 0) is 36.8 Å². The van der Waals surface area contributed by atoms with Crippen LogP contribution < -0.4 is 37.2 Å². The summed E-state index contributed by atoms with van der Waals surface area (Å²) in [6.07, 6.45) is 1.82. The highest BCUT2D eigenvalue weighted by molar-refractivity contribution is 5.98. The zero-order valence-corrected chi connectivity index (χ0v) is 45.6. The number of carbonyl (C=O) groups excluding carboxylic acids is 7. The van der Waals surface area contributed by atoms with Gasteiger partial charge in [0.15, 0.2) is 0 Å². The van der Waals surface area contributed by atoms with Crippen LogP contribution in [0.5, 0.6) is 0 Å². The first kappa shape index (κ1) is 59.6. The number of carbonyl (C=O) groups is 7. The highest BCUT2D eigenvalue weighted by atomic mass is 19.1. The van der Waals surface area contributed by atoms with Gasteiger partial charge in [-0.25, -0.2) is 8.78 Å². The molecule has 0 aliphatic carbocycles. The second kappa shape index (κ2) is 26.4. The van der Waals surface area contributed by atoms with E-state index in [-0.39, 0.29) is 78.0 Å². The Morgan fingerprint density at radius 2 is 1.01 bits per heavy atom. The van der Waals surface area contributed by atoms with Crippen molar-refractivity contribution in [1.29, 1.82) is 0 Å². The molecule has 410 valence electrons. The van der Waals surface area contributed by atoms with E-state index in [0.717, 1.165) is 11.1 Å². The van der Waals surface area contributed by atoms with E-state index in [9.17, 15) is 42.3 Å². The van der Waals surface area contributed by atoms with Crippen LogP contribution in [0.15, 0.2) is 72.8 Å². The summed E-state index contributed by atoms with van der Waals surface area (Å²) in [6, 6.07) is 13.8. The van der Waals surface area contributed by atoms with Gasteiger partial charge in [0.2, 0.25) is 29.5 Å². The molecule has 0 saturated carbocycles. The number of halogens is 2. The molecule has 0 bridgehead atoms. The lowest BCUT2D eigenvalue weighted by Crippen LogP contribution is -2.59. The van der Waals surface area contributed by atoms with Gasteiger partial charge in [-0.15, -0.1) is 0 Å². The molecule has 2 aliphatic heterocycles. The Hall–Kier alpha value is -6.31. The van der Waals surface area contributed by atoms with Crippen molar-refractivity contribution in [1.82, 2.24) is 51.9 Å². The lowest BCUT2D eigenvalue weighted by molar-refractivity contribution is -0.141. The summed E-state index contributed by atoms with van der Waals surface area (Å²) in [7, 11) is 3.32. The minimum atomic E-state index is -0.934. The average molecular weight is 1040 g/mol. The predicted molar refractivity (Wildman–Crippen MR) is 284 cm³/mol. The Morgan fingerprint density at radius 3 is 1.41 bits per heavy atom. The fourth-order valence-electron chi connectivity index (χ4n) is 9.38. The molecule has 0 aromatic heterocycles. The molecule has 2 fully saturated rings. The molecule has 7 N–H and O–H groups in total. The molecule has 19 heteroatoms. The maximum absolute atomic E-state index is 14.6. The van der Waals surface area contributed by atoms with E-state index in [1.165, 1.54) is 31.2 Å². The minimum Gasteiger partial charge on any atom is -0.347 e. The number of likely N-dealkylation sites (N-methyl/N-ethyl adjacent to an activating group) is 2. The summed E-state index contributed by atoms with van der Waals surface area (Å²) >= 11 is 0. The fourth-order valence-corrected chi connectivity index (χ4v) is 9.38. The number of hydrogen-bond donors (Lipinski definition) is 7. The number of amides is 7. The molecule has 2 aliphatic rings. The number of nitrogens with zero attached hydrogens (tertiary/aromatic N) is 3. The van der Waals surface area contributed by atoms with E-state index >= 15 is 0 Å². The fraction of sp³-hybridized carbons (Fsp3) is 0.554. The lowest BCUT2D eigenvalue weighted by Gasteiger charge is -2.37. The summed E-state index contributed by atoms with van der Waals surface area (Å²) in [6.45, 7) is 17.8. The zero-order chi connectivity index (χ0) is 55.4. The maximum Gasteiger partial charge on any atom is 0.251 e. The van der Waals surface area contributed by atoms with E-state index < -0.39 is 64.9 Å². The third-order valence-electron chi connectivity index (χ3n) is 14.3. The van der Waals surface area contributed by atoms with Crippen molar-refractivity contribution >= 4 is 41.4 Å². The summed E-state index contributed by atoms with van der Waals surface area (Å²) in [5.41, 5.74) is 0.999. The topological polar surface area (TPSA) is 213 Å². The van der Waals surface area contributed by atoms with Crippen LogP contribution in [0.2, 0.25) is 0 Å². The molecule has 0 unspecified atom stereocenters. The first-order valence-electron chi connectivity index (χ1n) is 26.0. The second-order valence-electron chi connectivity index (χ2n) is 22.2. The molecule has 3 aromatic carbocycles. The van der Waals surface area contributed by atoms with Crippen molar-refractivity contribution in [3.05, 3.63) is 107 Å². The van der Waals surface area contributed by atoms with Gasteiger partial charge in [-0.05, 0) is 131 Å². The molecule has 7 amide bonds. The van der Waals surface area contributed by atoms with E-state index in [4.69, 9.17) is 0 Å². The van der Waals surface area contributed by atoms with Crippen LogP contribution in [0.4, 0.5) is 8.78 Å². The van der Waals surface area contributed by atoms with E-state index in [1.807, 2.05) is 41.5 Å². The smallest absolute Gasteiger partial charge is 0.251 e. The van der Waals surface area contributed by atoms with E-state index in [2.05, 4.69) is 37.2 Å². The van der Waals surface area contributed by atoms with Crippen molar-refractivity contribution in [3.8, 4) is 0 Å². The Balaban J connectivity index is 1.29. The Labute approximate surface area is 441 Å². The monoisotopic (exact) mass is 1040 g/mol. The Bertz CT molecular complexity index is 2450. The van der Waals surface area contributed by atoms with Crippen LogP contribution in [0.3, 0.4) is 0 Å². The molecule has 0 radical (unpaired) electrons. The van der Waals surface area contributed by atoms with Crippen molar-refractivity contribution < 1.29 is 42.3 Å². The van der Waals surface area contributed by atoms with Crippen LogP contribution in [0.1, 0.15) is 107 Å². The van der Waals surface area contributed by atoms with Gasteiger partial charge in [0.1, 0.15) is 23.7 Å². The van der Waals surface area contributed by atoms with Crippen LogP contribution in [-0.4, -0.2) is 158 Å². The van der Waals surface area contributed by atoms with Crippen molar-refractivity contribution in [3.63, 3.8) is 0 Å². The standard InChI is InChI=1S/C56H80F2N10O7/c1-34(59-10)49(70)64-47(55(4,5)6)53(74)67-31-43(28-45(67)30-61-26-24-37-12-20-41(57)21-13-37)62-51(72)39-16-18-40(19-17-39)52(73)63-44-29-46(33-66(36(3)69)27-25-38-14-22-42(58)23-15-38)68(32-44)54(75)48(56(7,8)9)65-50(71)35(2)60-11/h12-23,34-35,43-48,59-61H,24-33H2,1-11H3,(H,62,72)(H,63,73)(H,64,70)(H,65,71)/t34-,35-,43-,44-,45-,46-,47+,48+/m0/s1. The molecular weight excluding hydrogens is 963 g/mol. The highest BCUT2D eigenvalue weighted by Crippen LogP contribution is 2.29. The number of nitrogens with one attached hydrogen (secondary N) is 7. The Morgan fingerprint density at radius 1 is 0.613 bits per heavy atom. The normalized spacial score (nSPS) is 19.4. The van der Waals surface area contributed by atoms with Gasteiger partial charge in [0, 0.05) is 68.9 Å². The molecule has 2 heterocycles. The average Bonchev–Trinajstić information content (AvgIpc) is 3.96. The minimum absolute atomic E-state index is 0.104. The molecule has 75 heavy (non-hydrogen) atoms. The summed E-state index contributed by atoms with van der Waals surface area (Å²) < 4.78 is 27.2. The first-order chi connectivity index (χ1) is 35.3. The van der Waals surface area contributed by atoms with Crippen molar-refractivity contribution in [2.24, 2.45) is 10.8 Å². The number of rotatable bonds is 22. The molecule has 2 saturated heterocycles. The SMILES string of the molecule is CN[C@@H](C)C(=O)N[C@H](C(=O)N1C[C@@H](NC(=O)c2ccc(C(=O)N[C@H]3C[C@@H](CN(CCc4ccc(F)cc4)C(C)=O)N(C(=O)[C@@H](NC(=O)[C@H](C)NC)C(C)(C)C)C3)cc2)C[C@H]1CNCCc1ccc(F)cc1)C(C)(C)C. The quantitative estimate of drug-likeness (QED) is 0.0728. The second-order valence-corrected chi connectivity index (χ2v) is 22.2. The number of hydrogen-bond acceptors (Lipinski definition) is 10. The van der Waals surface area contributed by atoms with Gasteiger partial charge in [0.05, 0.1) is 18.1 Å². The van der Waals surface area contributed by atoms with E-state index in [1.54, 1.807) is 91.2 Å². The molecular formula is C56H80F2N10O7. The Kier molecular flexibility index (Phi) is 21.0. The van der Waals surface area contributed by atoms with E-state index in [0.29, 0.717) is 45.3 Å². The maximum atomic E-state index is 14.6. The van der Waals surface area contributed by atoms with Crippen molar-refractivity contribution in [2.75, 3.05) is 53.4 Å². The highest BCUT2D eigenvalue weighted by Gasteiger charge is 2.45. The third-order valence-corrected chi connectivity index (χ3v) is 14.3. The third kappa shape index (κ3) is 16.8. The lowest BCUT2D eigenvalue weighted by atomic mass is 9.85. The van der Waals surface area contributed by atoms with Gasteiger partial charge in [-0.3, -0.25) is 33.6 Å². The predicted octanol–water partition coefficient (Wildman–Crippen LogP) is 3.56. The zero-order valence-electron chi connectivity index (χ0n) is 45.6. The number of likely N-dealkylation sites (tertiary alicyclic amines) is 2. The van der Waals surface area contributed by atoms with Gasteiger partial charge in [-0.2, -0.15) is 0 Å². The molecule has 3 aromatic rings. The van der Waals surface area contributed by atoms with Crippen LogP contribution >= 0.6 is 0 Å². The van der Waals surface area contributed by atoms with Gasteiger partial charge >= 0.3 is 0 Å². The summed E-state index contributed by atoms with van der Waals surface area (Å²) in [4.78, 5) is 101. The van der Waals surface area contributed by atoms with Gasteiger partial charge in [-0.1, -0.05) is 65.8 Å². The number of benzene rings is 3. The largest absolute Gasteiger partial charge is 0.347 e. The molecule has 0 spiro atoms. The van der Waals surface area contributed by atoms with Gasteiger partial charge < -0.3 is 51.9 Å². The molecule has 8 atom stereocenters. The van der Waals surface area contributed by atoms with Crippen LogP contribution in [0.25, 0.3) is 0 Å². The first-order valence-corrected chi connectivity index (χ1v) is 26.0. The summed E-state index contributed by atoms with van der Waals surface area (Å²) in [5, 5.41) is 21.3. The summed E-state index contributed by atoms with van der Waals surface area (Å²) in [5.74, 6) is -3.03. The molecule has 5 rings (SSSR count). The molecule has 17 nitrogen and oxygen atoms in total. The van der Waals surface area contributed by atoms with Gasteiger partial charge in [0.25, 0.3) is 11.8 Å². The van der Waals surface area contributed by atoms with Crippen molar-refractivity contribution in [2.45, 2.75) is 136 Å².